The number of amides is 1. The van der Waals surface area contributed by atoms with Crippen molar-refractivity contribution in [2.24, 2.45) is 0 Å². The molecule has 0 saturated heterocycles. The van der Waals surface area contributed by atoms with E-state index < -0.39 is 22.0 Å². The quantitative estimate of drug-likeness (QED) is 0.538. The number of anilines is 1. The highest BCUT2D eigenvalue weighted by molar-refractivity contribution is 9.10. The van der Waals surface area contributed by atoms with Gasteiger partial charge < -0.3 is 5.32 Å². The fraction of sp³-hybridized carbons (Fsp3) is 0.136. The molecule has 3 aromatic rings. The highest BCUT2D eigenvalue weighted by Crippen LogP contribution is 2.17. The highest BCUT2D eigenvalue weighted by atomic mass is 79.9. The van der Waals surface area contributed by atoms with Crippen molar-refractivity contribution in [2.45, 2.75) is 24.3 Å². The zero-order valence-electron chi connectivity index (χ0n) is 15.8. The van der Waals surface area contributed by atoms with Crippen molar-refractivity contribution >= 4 is 37.5 Å². The van der Waals surface area contributed by atoms with Crippen LogP contribution in [0.1, 0.15) is 11.1 Å². The summed E-state index contributed by atoms with van der Waals surface area (Å²) in [6.45, 7) is 1.88. The van der Waals surface area contributed by atoms with E-state index in [1.807, 2.05) is 43.3 Å². The number of nitrogens with one attached hydrogen (secondary N) is 2. The zero-order valence-corrected chi connectivity index (χ0v) is 18.2. The van der Waals surface area contributed by atoms with Gasteiger partial charge in [0.15, 0.2) is 0 Å². The predicted octanol–water partition coefficient (Wildman–Crippen LogP) is 4.29. The Labute approximate surface area is 179 Å². The van der Waals surface area contributed by atoms with E-state index in [0.717, 1.165) is 15.6 Å². The highest BCUT2D eigenvalue weighted by Gasteiger charge is 2.26. The maximum Gasteiger partial charge on any atom is 0.242 e. The molecule has 0 aromatic heterocycles. The molecular weight excluding hydrogens is 452 g/mol. The Bertz CT molecular complexity index is 1080. The lowest BCUT2D eigenvalue weighted by Crippen LogP contribution is -2.45. The molecule has 3 rings (SSSR count). The van der Waals surface area contributed by atoms with E-state index >= 15 is 0 Å². The van der Waals surface area contributed by atoms with E-state index in [4.69, 9.17) is 0 Å². The van der Waals surface area contributed by atoms with E-state index in [0.29, 0.717) is 5.69 Å². The second-order valence-corrected chi connectivity index (χ2v) is 9.31. The van der Waals surface area contributed by atoms with Crippen LogP contribution in [0.2, 0.25) is 0 Å². The Kier molecular flexibility index (Phi) is 6.84. The second kappa shape index (κ2) is 9.35. The molecule has 0 spiro atoms. The van der Waals surface area contributed by atoms with Crippen LogP contribution in [0.4, 0.5) is 5.69 Å². The summed E-state index contributed by atoms with van der Waals surface area (Å²) in [4.78, 5) is 13.1. The maximum absolute atomic E-state index is 12.9. The molecule has 0 aliphatic carbocycles. The van der Waals surface area contributed by atoms with Crippen molar-refractivity contribution in [3.8, 4) is 0 Å². The van der Waals surface area contributed by atoms with Gasteiger partial charge in [0.25, 0.3) is 0 Å². The van der Waals surface area contributed by atoms with Crippen LogP contribution in [0.3, 0.4) is 0 Å². The van der Waals surface area contributed by atoms with Gasteiger partial charge in [0.1, 0.15) is 6.04 Å². The van der Waals surface area contributed by atoms with Crippen molar-refractivity contribution in [3.63, 3.8) is 0 Å². The Morgan fingerprint density at radius 2 is 1.66 bits per heavy atom. The molecule has 150 valence electrons. The van der Waals surface area contributed by atoms with Gasteiger partial charge in [-0.15, -0.1) is 0 Å². The van der Waals surface area contributed by atoms with Gasteiger partial charge in [0.2, 0.25) is 15.9 Å². The van der Waals surface area contributed by atoms with E-state index in [1.165, 1.54) is 12.1 Å². The first-order valence-corrected chi connectivity index (χ1v) is 11.3. The molecule has 29 heavy (non-hydrogen) atoms. The Morgan fingerprint density at radius 3 is 2.31 bits per heavy atom. The van der Waals surface area contributed by atoms with Crippen LogP contribution < -0.4 is 10.0 Å². The molecule has 1 amide bonds. The zero-order chi connectivity index (χ0) is 20.9. The summed E-state index contributed by atoms with van der Waals surface area (Å²) in [6, 6.07) is 22.0. The molecule has 1 atom stereocenters. The summed E-state index contributed by atoms with van der Waals surface area (Å²) < 4.78 is 29.1. The van der Waals surface area contributed by atoms with Gasteiger partial charge in [-0.05, 0) is 49.2 Å². The number of sulfonamides is 1. The van der Waals surface area contributed by atoms with Crippen LogP contribution in [0.5, 0.6) is 0 Å². The van der Waals surface area contributed by atoms with Gasteiger partial charge in [-0.3, -0.25) is 4.79 Å². The van der Waals surface area contributed by atoms with Crippen LogP contribution in [0, 0.1) is 6.92 Å². The molecule has 0 heterocycles. The minimum atomic E-state index is -3.86. The molecule has 0 bridgehead atoms. The number of carbonyl (C=O) groups excluding carboxylic acids is 1. The second-order valence-electron chi connectivity index (χ2n) is 6.68. The first-order valence-electron chi connectivity index (χ1n) is 9.03. The number of aryl methyl sites for hydroxylation is 1. The lowest BCUT2D eigenvalue weighted by molar-refractivity contribution is -0.117. The molecule has 3 aromatic carbocycles. The van der Waals surface area contributed by atoms with Crippen molar-refractivity contribution in [1.82, 2.24) is 4.72 Å². The SMILES string of the molecule is Cc1ccc(S(=O)(=O)NC(Cc2ccccc2)C(=O)Nc2cccc(Br)c2)cc1. The Hall–Kier alpha value is -2.48. The van der Waals surface area contributed by atoms with Gasteiger partial charge >= 0.3 is 0 Å². The maximum atomic E-state index is 12.9. The predicted molar refractivity (Wildman–Crippen MR) is 118 cm³/mol. The summed E-state index contributed by atoms with van der Waals surface area (Å²) in [5.74, 6) is -0.428. The minimum Gasteiger partial charge on any atom is -0.325 e. The van der Waals surface area contributed by atoms with E-state index in [9.17, 15) is 13.2 Å². The van der Waals surface area contributed by atoms with Crippen LogP contribution in [-0.2, 0) is 21.2 Å². The van der Waals surface area contributed by atoms with Gasteiger partial charge in [-0.25, -0.2) is 8.42 Å². The Morgan fingerprint density at radius 1 is 0.966 bits per heavy atom. The third-order valence-corrected chi connectivity index (χ3v) is 6.30. The Balaban J connectivity index is 1.85. The third kappa shape index (κ3) is 6.00. The largest absolute Gasteiger partial charge is 0.325 e. The van der Waals surface area contributed by atoms with Gasteiger partial charge in [-0.1, -0.05) is 70.0 Å². The number of halogens is 1. The van der Waals surface area contributed by atoms with Crippen LogP contribution >= 0.6 is 15.9 Å². The van der Waals surface area contributed by atoms with Crippen LogP contribution in [0.15, 0.2) is 88.2 Å². The third-order valence-electron chi connectivity index (χ3n) is 4.32. The molecule has 0 aliphatic rings. The lowest BCUT2D eigenvalue weighted by atomic mass is 10.1. The fourth-order valence-corrected chi connectivity index (χ4v) is 4.40. The molecule has 0 radical (unpaired) electrons. The molecule has 7 heteroatoms. The van der Waals surface area contributed by atoms with Gasteiger partial charge in [-0.2, -0.15) is 4.72 Å². The number of benzene rings is 3. The number of hydrogen-bond acceptors (Lipinski definition) is 3. The summed E-state index contributed by atoms with van der Waals surface area (Å²) >= 11 is 3.37. The van der Waals surface area contributed by atoms with Gasteiger partial charge in [0.05, 0.1) is 4.90 Å². The normalized spacial score (nSPS) is 12.3. The monoisotopic (exact) mass is 472 g/mol. The van der Waals surface area contributed by atoms with Crippen molar-refractivity contribution in [1.29, 1.82) is 0 Å². The minimum absolute atomic E-state index is 0.122. The topological polar surface area (TPSA) is 75.3 Å². The van der Waals surface area contributed by atoms with Crippen LogP contribution in [0.25, 0.3) is 0 Å². The molecule has 0 saturated carbocycles. The molecular formula is C22H21BrN2O3S. The average molecular weight is 473 g/mol. The first-order chi connectivity index (χ1) is 13.8. The van der Waals surface area contributed by atoms with Crippen molar-refractivity contribution < 1.29 is 13.2 Å². The molecule has 0 aliphatic heterocycles. The van der Waals surface area contributed by atoms with Crippen LogP contribution in [-0.4, -0.2) is 20.4 Å². The summed E-state index contributed by atoms with van der Waals surface area (Å²) in [6.07, 6.45) is 0.228. The molecule has 1 unspecified atom stereocenters. The summed E-state index contributed by atoms with van der Waals surface area (Å²) in [5.41, 5.74) is 2.39. The van der Waals surface area contributed by atoms with Crippen molar-refractivity contribution in [2.75, 3.05) is 5.32 Å². The first kappa shape index (κ1) is 21.2. The number of hydrogen-bond donors (Lipinski definition) is 2. The molecule has 2 N–H and O–H groups in total. The number of carbonyl (C=O) groups is 1. The molecule has 5 nitrogen and oxygen atoms in total. The van der Waals surface area contributed by atoms with Crippen molar-refractivity contribution in [3.05, 3.63) is 94.5 Å². The number of rotatable bonds is 7. The summed E-state index contributed by atoms with van der Waals surface area (Å²) in [7, 11) is -3.86. The standard InChI is InChI=1S/C22H21BrN2O3S/c1-16-10-12-20(13-11-16)29(27,28)25-21(14-17-6-3-2-4-7-17)22(26)24-19-9-5-8-18(23)15-19/h2-13,15,21,25H,14H2,1H3,(H,24,26). The fourth-order valence-electron chi connectivity index (χ4n) is 2.81. The van der Waals surface area contributed by atoms with E-state index in [1.54, 1.807) is 30.3 Å². The van der Waals surface area contributed by atoms with Gasteiger partial charge in [0, 0.05) is 10.2 Å². The molecule has 0 fully saturated rings. The summed E-state index contributed by atoms with van der Waals surface area (Å²) in [5, 5.41) is 2.79. The van der Waals surface area contributed by atoms with E-state index in [-0.39, 0.29) is 11.3 Å². The average Bonchev–Trinajstić information content (AvgIpc) is 2.68. The smallest absolute Gasteiger partial charge is 0.242 e. The van der Waals surface area contributed by atoms with E-state index in [2.05, 4.69) is 26.0 Å². The lowest BCUT2D eigenvalue weighted by Gasteiger charge is -2.19.